The van der Waals surface area contributed by atoms with Crippen molar-refractivity contribution < 1.29 is 4.74 Å². The Morgan fingerprint density at radius 2 is 1.93 bits per heavy atom. The van der Waals surface area contributed by atoms with Crippen LogP contribution in [0.15, 0.2) is 12.1 Å². The van der Waals surface area contributed by atoms with E-state index in [4.69, 9.17) is 4.74 Å². The number of methoxy groups -OCH3 is 1. The monoisotopic (exact) mass is 208 g/mol. The molecule has 1 aromatic rings. The molecule has 1 rings (SSSR count). The van der Waals surface area contributed by atoms with E-state index in [9.17, 15) is 0 Å². The van der Waals surface area contributed by atoms with Gasteiger partial charge in [0.2, 0.25) is 0 Å². The van der Waals surface area contributed by atoms with Gasteiger partial charge in [-0.1, -0.05) is 6.92 Å². The third-order valence-corrected chi connectivity index (χ3v) is 2.29. The van der Waals surface area contributed by atoms with Crippen molar-refractivity contribution in [3.63, 3.8) is 0 Å². The molecule has 0 aliphatic carbocycles. The van der Waals surface area contributed by atoms with Gasteiger partial charge in [0, 0.05) is 18.5 Å². The van der Waals surface area contributed by atoms with E-state index in [2.05, 4.69) is 29.4 Å². The molecule has 0 spiro atoms. The van der Waals surface area contributed by atoms with E-state index in [1.54, 1.807) is 7.11 Å². The number of aryl methyl sites for hydroxylation is 2. The fourth-order valence-electron chi connectivity index (χ4n) is 1.75. The highest BCUT2D eigenvalue weighted by Gasteiger charge is 2.10. The number of likely N-dealkylation sites (N-methyl/N-ethyl adjacent to an activating group) is 1. The van der Waals surface area contributed by atoms with Crippen LogP contribution in [0.2, 0.25) is 0 Å². The Labute approximate surface area is 91.9 Å². The van der Waals surface area contributed by atoms with Crippen LogP contribution in [-0.4, -0.2) is 25.2 Å². The summed E-state index contributed by atoms with van der Waals surface area (Å²) in [4.78, 5) is 4.37. The summed E-state index contributed by atoms with van der Waals surface area (Å²) in [7, 11) is 1.73. The van der Waals surface area contributed by atoms with Crippen molar-refractivity contribution in [1.29, 1.82) is 0 Å². The molecule has 1 unspecified atom stereocenters. The maximum atomic E-state index is 5.21. The van der Waals surface area contributed by atoms with Crippen LogP contribution in [0.5, 0.6) is 0 Å². The van der Waals surface area contributed by atoms with Crippen LogP contribution in [-0.2, 0) is 4.74 Å². The number of rotatable bonds is 5. The number of nitrogens with zero attached hydrogens (tertiary/aromatic N) is 1. The van der Waals surface area contributed by atoms with E-state index in [0.717, 1.165) is 17.9 Å². The van der Waals surface area contributed by atoms with Gasteiger partial charge in [0.25, 0.3) is 0 Å². The molecular formula is C12H20N2O. The molecule has 0 aliphatic heterocycles. The lowest BCUT2D eigenvalue weighted by Gasteiger charge is -2.18. The van der Waals surface area contributed by atoms with Gasteiger partial charge < -0.3 is 10.1 Å². The minimum atomic E-state index is 0.264. The lowest BCUT2D eigenvalue weighted by molar-refractivity contribution is 0.167. The van der Waals surface area contributed by atoms with Crippen molar-refractivity contribution in [3.05, 3.63) is 29.1 Å². The molecule has 0 aromatic carbocycles. The van der Waals surface area contributed by atoms with Gasteiger partial charge in [-0.3, -0.25) is 4.98 Å². The summed E-state index contributed by atoms with van der Waals surface area (Å²) in [6.45, 7) is 7.77. The summed E-state index contributed by atoms with van der Waals surface area (Å²) < 4.78 is 5.21. The number of ether oxygens (including phenoxy) is 1. The van der Waals surface area contributed by atoms with Gasteiger partial charge >= 0.3 is 0 Å². The standard InChI is InChI=1S/C12H20N2O/c1-5-13-12(8-15-4)11-6-9(2)14-10(3)7-11/h6-7,12-13H,5,8H2,1-4H3. The highest BCUT2D eigenvalue weighted by molar-refractivity contribution is 5.23. The van der Waals surface area contributed by atoms with E-state index in [1.807, 2.05) is 13.8 Å². The van der Waals surface area contributed by atoms with Gasteiger partial charge in [-0.15, -0.1) is 0 Å². The van der Waals surface area contributed by atoms with Gasteiger partial charge in [-0.25, -0.2) is 0 Å². The van der Waals surface area contributed by atoms with Gasteiger partial charge in [0.05, 0.1) is 12.6 Å². The van der Waals surface area contributed by atoms with Crippen LogP contribution < -0.4 is 5.32 Å². The zero-order valence-corrected chi connectivity index (χ0v) is 10.0. The Morgan fingerprint density at radius 1 is 1.33 bits per heavy atom. The summed E-state index contributed by atoms with van der Waals surface area (Å²) in [5.41, 5.74) is 3.37. The molecule has 0 radical (unpaired) electrons. The molecule has 1 heterocycles. The second kappa shape index (κ2) is 5.83. The molecule has 0 bridgehead atoms. The summed E-state index contributed by atoms with van der Waals surface area (Å²) in [5, 5.41) is 3.40. The van der Waals surface area contributed by atoms with E-state index >= 15 is 0 Å². The van der Waals surface area contributed by atoms with Crippen molar-refractivity contribution in [2.24, 2.45) is 0 Å². The molecular weight excluding hydrogens is 188 g/mol. The Kier molecular flexibility index (Phi) is 4.72. The quantitative estimate of drug-likeness (QED) is 0.803. The van der Waals surface area contributed by atoms with Crippen molar-refractivity contribution in [2.45, 2.75) is 26.8 Å². The fourth-order valence-corrected chi connectivity index (χ4v) is 1.75. The van der Waals surface area contributed by atoms with Crippen LogP contribution in [0.3, 0.4) is 0 Å². The summed E-state index contributed by atoms with van der Waals surface area (Å²) in [6.07, 6.45) is 0. The van der Waals surface area contributed by atoms with Crippen molar-refractivity contribution in [1.82, 2.24) is 10.3 Å². The largest absolute Gasteiger partial charge is 0.383 e. The van der Waals surface area contributed by atoms with Crippen LogP contribution in [0.1, 0.15) is 29.9 Å². The zero-order chi connectivity index (χ0) is 11.3. The van der Waals surface area contributed by atoms with Crippen LogP contribution >= 0.6 is 0 Å². The average molecular weight is 208 g/mol. The molecule has 0 aliphatic rings. The Balaban J connectivity index is 2.88. The van der Waals surface area contributed by atoms with Crippen molar-refractivity contribution in [3.8, 4) is 0 Å². The fraction of sp³-hybridized carbons (Fsp3) is 0.583. The van der Waals surface area contributed by atoms with Gasteiger partial charge in [0.1, 0.15) is 0 Å². The zero-order valence-electron chi connectivity index (χ0n) is 10.0. The molecule has 15 heavy (non-hydrogen) atoms. The molecule has 0 saturated heterocycles. The number of hydrogen-bond donors (Lipinski definition) is 1. The van der Waals surface area contributed by atoms with Gasteiger partial charge in [-0.05, 0) is 38.1 Å². The van der Waals surface area contributed by atoms with Crippen LogP contribution in [0.25, 0.3) is 0 Å². The maximum absolute atomic E-state index is 5.21. The highest BCUT2D eigenvalue weighted by atomic mass is 16.5. The lowest BCUT2D eigenvalue weighted by atomic mass is 10.1. The van der Waals surface area contributed by atoms with Gasteiger partial charge in [-0.2, -0.15) is 0 Å². The smallest absolute Gasteiger partial charge is 0.0657 e. The molecule has 84 valence electrons. The molecule has 3 nitrogen and oxygen atoms in total. The van der Waals surface area contributed by atoms with E-state index in [-0.39, 0.29) is 6.04 Å². The Bertz CT molecular complexity index is 286. The second-order valence-electron chi connectivity index (χ2n) is 3.75. The molecule has 1 N–H and O–H groups in total. The van der Waals surface area contributed by atoms with E-state index in [1.165, 1.54) is 5.56 Å². The van der Waals surface area contributed by atoms with E-state index < -0.39 is 0 Å². The molecule has 1 aromatic heterocycles. The Hall–Kier alpha value is -0.930. The maximum Gasteiger partial charge on any atom is 0.0657 e. The molecule has 0 fully saturated rings. The lowest BCUT2D eigenvalue weighted by Crippen LogP contribution is -2.25. The summed E-state index contributed by atoms with van der Waals surface area (Å²) in [5.74, 6) is 0. The molecule has 1 atom stereocenters. The first kappa shape index (κ1) is 12.1. The number of hydrogen-bond acceptors (Lipinski definition) is 3. The van der Waals surface area contributed by atoms with Crippen molar-refractivity contribution in [2.75, 3.05) is 20.3 Å². The first-order valence-electron chi connectivity index (χ1n) is 5.35. The SMILES string of the molecule is CCNC(COC)c1cc(C)nc(C)c1. The molecule has 3 heteroatoms. The summed E-state index contributed by atoms with van der Waals surface area (Å²) in [6, 6.07) is 4.49. The number of aromatic nitrogens is 1. The first-order valence-corrected chi connectivity index (χ1v) is 5.35. The number of pyridine rings is 1. The minimum absolute atomic E-state index is 0.264. The first-order chi connectivity index (χ1) is 7.17. The minimum Gasteiger partial charge on any atom is -0.383 e. The van der Waals surface area contributed by atoms with Crippen LogP contribution in [0, 0.1) is 13.8 Å². The molecule has 0 saturated carbocycles. The highest BCUT2D eigenvalue weighted by Crippen LogP contribution is 2.15. The number of nitrogens with one attached hydrogen (secondary N) is 1. The average Bonchev–Trinajstić information content (AvgIpc) is 2.16. The van der Waals surface area contributed by atoms with Crippen molar-refractivity contribution >= 4 is 0 Å². The normalized spacial score (nSPS) is 12.8. The van der Waals surface area contributed by atoms with Gasteiger partial charge in [0.15, 0.2) is 0 Å². The third-order valence-electron chi connectivity index (χ3n) is 2.29. The van der Waals surface area contributed by atoms with Crippen LogP contribution in [0.4, 0.5) is 0 Å². The third kappa shape index (κ3) is 3.61. The van der Waals surface area contributed by atoms with E-state index in [0.29, 0.717) is 6.61 Å². The predicted molar refractivity (Wildman–Crippen MR) is 62.0 cm³/mol. The Morgan fingerprint density at radius 3 is 2.40 bits per heavy atom. The summed E-state index contributed by atoms with van der Waals surface area (Å²) >= 11 is 0. The predicted octanol–water partition coefficient (Wildman–Crippen LogP) is 2.00. The second-order valence-corrected chi connectivity index (χ2v) is 3.75. The molecule has 0 amide bonds. The topological polar surface area (TPSA) is 34.1 Å².